The van der Waals surface area contributed by atoms with E-state index >= 15 is 0 Å². The second kappa shape index (κ2) is 5.75. The van der Waals surface area contributed by atoms with Crippen LogP contribution in [-0.4, -0.2) is 25.5 Å². The van der Waals surface area contributed by atoms with Crippen molar-refractivity contribution in [2.45, 2.75) is 25.0 Å². The van der Waals surface area contributed by atoms with Crippen molar-refractivity contribution in [3.8, 4) is 11.5 Å². The molecule has 1 aliphatic rings. The minimum Gasteiger partial charge on any atom is -0.493 e. The Bertz CT molecular complexity index is 417. The van der Waals surface area contributed by atoms with Crippen molar-refractivity contribution in [3.05, 3.63) is 23.8 Å². The molecule has 1 aromatic rings. The summed E-state index contributed by atoms with van der Waals surface area (Å²) in [5.74, 6) is 1.39. The fraction of sp³-hybridized carbons (Fsp3) is 0.500. The summed E-state index contributed by atoms with van der Waals surface area (Å²) in [7, 11) is 1.43. The Morgan fingerprint density at radius 3 is 2.72 bits per heavy atom. The summed E-state index contributed by atoms with van der Waals surface area (Å²) in [5, 5.41) is 3.48. The first-order valence-electron chi connectivity index (χ1n) is 5.60. The lowest BCUT2D eigenvalue weighted by Crippen LogP contribution is -2.21. The number of hydrogen-bond donors (Lipinski definition) is 1. The summed E-state index contributed by atoms with van der Waals surface area (Å²) < 4.78 is 34.1. The molecule has 2 rings (SSSR count). The highest BCUT2D eigenvalue weighted by atomic mass is 32.2. The largest absolute Gasteiger partial charge is 0.493 e. The van der Waals surface area contributed by atoms with Gasteiger partial charge in [0, 0.05) is 11.8 Å². The molecule has 1 saturated heterocycles. The van der Waals surface area contributed by atoms with Crippen LogP contribution in [0.15, 0.2) is 18.2 Å². The molecule has 18 heavy (non-hydrogen) atoms. The van der Waals surface area contributed by atoms with Crippen molar-refractivity contribution in [1.29, 1.82) is 0 Å². The first kappa shape index (κ1) is 13.4. The summed E-state index contributed by atoms with van der Waals surface area (Å²) in [4.78, 5) is 0. The maximum absolute atomic E-state index is 12.3. The van der Waals surface area contributed by atoms with Crippen molar-refractivity contribution in [2.24, 2.45) is 0 Å². The molecule has 6 heteroatoms. The summed E-state index contributed by atoms with van der Waals surface area (Å²) in [5.41, 5.74) is 0.917. The first-order chi connectivity index (χ1) is 8.60. The Morgan fingerprint density at radius 2 is 2.17 bits per heavy atom. The molecule has 0 saturated carbocycles. The van der Waals surface area contributed by atoms with Crippen molar-refractivity contribution in [2.75, 3.05) is 12.9 Å². The second-order valence-corrected chi connectivity index (χ2v) is 5.21. The predicted molar refractivity (Wildman–Crippen MR) is 67.4 cm³/mol. The smallest absolute Gasteiger partial charge is 0.387 e. The fourth-order valence-electron chi connectivity index (χ4n) is 1.83. The maximum atomic E-state index is 12.3. The van der Waals surface area contributed by atoms with Crippen molar-refractivity contribution >= 4 is 11.8 Å². The SMILES string of the molecule is COc1ccc(C2NC(C)CS2)cc1OC(F)F. The molecule has 0 spiro atoms. The van der Waals surface area contributed by atoms with Crippen molar-refractivity contribution in [1.82, 2.24) is 5.32 Å². The zero-order valence-corrected chi connectivity index (χ0v) is 11.0. The number of alkyl halides is 2. The van der Waals surface area contributed by atoms with Crippen LogP contribution in [0.1, 0.15) is 17.9 Å². The zero-order valence-electron chi connectivity index (χ0n) is 10.2. The van der Waals surface area contributed by atoms with Gasteiger partial charge in [-0.05, 0) is 24.6 Å². The lowest BCUT2D eigenvalue weighted by atomic mass is 10.2. The Kier molecular flexibility index (Phi) is 4.29. The van der Waals surface area contributed by atoms with Gasteiger partial charge in [0.1, 0.15) is 0 Å². The Hall–Kier alpha value is -1.01. The molecule has 1 N–H and O–H groups in total. The molecule has 1 heterocycles. The Balaban J connectivity index is 2.22. The van der Waals surface area contributed by atoms with Crippen LogP contribution in [0.5, 0.6) is 11.5 Å². The molecule has 0 radical (unpaired) electrons. The van der Waals surface area contributed by atoms with Crippen LogP contribution < -0.4 is 14.8 Å². The van der Waals surface area contributed by atoms with Gasteiger partial charge >= 0.3 is 6.61 Å². The molecule has 3 nitrogen and oxygen atoms in total. The van der Waals surface area contributed by atoms with Crippen LogP contribution in [0.4, 0.5) is 8.78 Å². The monoisotopic (exact) mass is 275 g/mol. The maximum Gasteiger partial charge on any atom is 0.387 e. The molecule has 0 amide bonds. The van der Waals surface area contributed by atoms with E-state index in [4.69, 9.17) is 4.74 Å². The standard InChI is InChI=1S/C12H15F2NO2S/c1-7-6-18-11(15-7)8-3-4-9(16-2)10(5-8)17-12(13)14/h3-5,7,11-12,15H,6H2,1-2H3. The van der Waals surface area contributed by atoms with Gasteiger partial charge in [-0.2, -0.15) is 8.78 Å². The van der Waals surface area contributed by atoms with Crippen LogP contribution in [0, 0.1) is 0 Å². The highest BCUT2D eigenvalue weighted by molar-refractivity contribution is 7.99. The van der Waals surface area contributed by atoms with Gasteiger partial charge in [0.2, 0.25) is 0 Å². The van der Waals surface area contributed by atoms with Gasteiger partial charge in [0.05, 0.1) is 12.5 Å². The third-order valence-electron chi connectivity index (χ3n) is 2.66. The molecule has 0 bridgehead atoms. The quantitative estimate of drug-likeness (QED) is 0.915. The second-order valence-electron chi connectivity index (χ2n) is 4.07. The van der Waals surface area contributed by atoms with Gasteiger partial charge in [-0.25, -0.2) is 0 Å². The lowest BCUT2D eigenvalue weighted by Gasteiger charge is -2.15. The molecule has 0 aliphatic carbocycles. The third-order valence-corrected chi connectivity index (χ3v) is 4.09. The van der Waals surface area contributed by atoms with Gasteiger partial charge in [0.15, 0.2) is 11.5 Å². The predicted octanol–water partition coefficient (Wildman–Crippen LogP) is 3.02. The van der Waals surface area contributed by atoms with E-state index in [-0.39, 0.29) is 11.1 Å². The lowest BCUT2D eigenvalue weighted by molar-refractivity contribution is -0.0512. The average molecular weight is 275 g/mol. The number of nitrogens with one attached hydrogen (secondary N) is 1. The summed E-state index contributed by atoms with van der Waals surface area (Å²) in [6.45, 7) is -0.759. The minimum absolute atomic E-state index is 0.0759. The van der Waals surface area contributed by atoms with Crippen LogP contribution in [-0.2, 0) is 0 Å². The van der Waals surface area contributed by atoms with E-state index in [1.165, 1.54) is 7.11 Å². The number of ether oxygens (including phenoxy) is 2. The molecule has 2 unspecified atom stereocenters. The Labute approximate surface area is 109 Å². The van der Waals surface area contributed by atoms with E-state index in [2.05, 4.69) is 17.0 Å². The molecule has 1 aromatic carbocycles. The number of benzene rings is 1. The van der Waals surface area contributed by atoms with Gasteiger partial charge in [-0.3, -0.25) is 5.32 Å². The number of hydrogen-bond acceptors (Lipinski definition) is 4. The zero-order chi connectivity index (χ0) is 13.1. The highest BCUT2D eigenvalue weighted by Crippen LogP contribution is 2.37. The van der Waals surface area contributed by atoms with Gasteiger partial charge in [-0.15, -0.1) is 11.8 Å². The first-order valence-corrected chi connectivity index (χ1v) is 6.65. The van der Waals surface area contributed by atoms with Crippen LogP contribution >= 0.6 is 11.8 Å². The molecule has 1 aliphatic heterocycles. The summed E-state index contributed by atoms with van der Waals surface area (Å²) in [6.07, 6.45) is 0. The number of halogens is 2. The van der Waals surface area contributed by atoms with Crippen LogP contribution in [0.2, 0.25) is 0 Å². The number of methoxy groups -OCH3 is 1. The molecule has 1 fully saturated rings. The van der Waals surface area contributed by atoms with Crippen molar-refractivity contribution < 1.29 is 18.3 Å². The van der Waals surface area contributed by atoms with Gasteiger partial charge < -0.3 is 9.47 Å². The average Bonchev–Trinajstić information content (AvgIpc) is 2.75. The molecule has 100 valence electrons. The van der Waals surface area contributed by atoms with E-state index in [1.54, 1.807) is 23.9 Å². The van der Waals surface area contributed by atoms with E-state index in [0.717, 1.165) is 11.3 Å². The van der Waals surface area contributed by atoms with Gasteiger partial charge in [-0.1, -0.05) is 6.07 Å². The van der Waals surface area contributed by atoms with E-state index in [9.17, 15) is 8.78 Å². The number of rotatable bonds is 4. The third kappa shape index (κ3) is 3.05. The van der Waals surface area contributed by atoms with E-state index in [1.807, 2.05) is 6.07 Å². The minimum atomic E-state index is -2.85. The topological polar surface area (TPSA) is 30.5 Å². The van der Waals surface area contributed by atoms with Crippen LogP contribution in [0.3, 0.4) is 0 Å². The Morgan fingerprint density at radius 1 is 1.39 bits per heavy atom. The molecule has 2 atom stereocenters. The number of thioether (sulfide) groups is 1. The molecule has 0 aromatic heterocycles. The highest BCUT2D eigenvalue weighted by Gasteiger charge is 2.23. The van der Waals surface area contributed by atoms with Crippen LogP contribution in [0.25, 0.3) is 0 Å². The van der Waals surface area contributed by atoms with Crippen molar-refractivity contribution in [3.63, 3.8) is 0 Å². The van der Waals surface area contributed by atoms with E-state index < -0.39 is 6.61 Å². The summed E-state index contributed by atoms with van der Waals surface area (Å²) in [6, 6.07) is 5.54. The van der Waals surface area contributed by atoms with E-state index in [0.29, 0.717) is 11.8 Å². The van der Waals surface area contributed by atoms with Gasteiger partial charge in [0.25, 0.3) is 0 Å². The molecular formula is C12H15F2NO2S. The summed E-state index contributed by atoms with van der Waals surface area (Å²) >= 11 is 1.75. The molecular weight excluding hydrogens is 260 g/mol. The fourth-order valence-corrected chi connectivity index (χ4v) is 3.08. The normalized spacial score (nSPS) is 23.4.